The molecule has 118 valence electrons. The van der Waals surface area contributed by atoms with E-state index in [0.29, 0.717) is 0 Å². The molecule has 1 aromatic carbocycles. The Morgan fingerprint density at radius 3 is 2.50 bits per heavy atom. The highest BCUT2D eigenvalue weighted by molar-refractivity contribution is 5.94. The number of carbonyl (C=O) groups excluding carboxylic acids is 1. The van der Waals surface area contributed by atoms with Crippen molar-refractivity contribution >= 4 is 5.91 Å². The number of halogens is 4. The van der Waals surface area contributed by atoms with Crippen molar-refractivity contribution in [1.29, 1.82) is 0 Å². The predicted molar refractivity (Wildman–Crippen MR) is 67.3 cm³/mol. The summed E-state index contributed by atoms with van der Waals surface area (Å²) in [6, 6.07) is 3.15. The van der Waals surface area contributed by atoms with E-state index >= 15 is 0 Å². The first kappa shape index (κ1) is 15.9. The minimum absolute atomic E-state index is 0.0366. The van der Waals surface area contributed by atoms with Gasteiger partial charge in [0.2, 0.25) is 5.82 Å². The highest BCUT2D eigenvalue weighted by Gasteiger charge is 2.38. The molecule has 0 saturated carbocycles. The van der Waals surface area contributed by atoms with Crippen molar-refractivity contribution in [3.63, 3.8) is 0 Å². The van der Waals surface area contributed by atoms with E-state index in [9.17, 15) is 22.4 Å². The third kappa shape index (κ3) is 3.41. The lowest BCUT2D eigenvalue weighted by Crippen LogP contribution is -2.30. The van der Waals surface area contributed by atoms with Gasteiger partial charge in [0.1, 0.15) is 5.82 Å². The van der Waals surface area contributed by atoms with E-state index in [-0.39, 0.29) is 17.2 Å². The summed E-state index contributed by atoms with van der Waals surface area (Å²) >= 11 is 0. The molecule has 0 aliphatic rings. The molecule has 0 fully saturated rings. The minimum atomic E-state index is -4.81. The van der Waals surface area contributed by atoms with E-state index in [2.05, 4.69) is 20.0 Å². The van der Waals surface area contributed by atoms with Crippen molar-refractivity contribution in [1.82, 2.24) is 15.5 Å². The summed E-state index contributed by atoms with van der Waals surface area (Å²) in [4.78, 5) is 14.8. The average Bonchev–Trinajstić information content (AvgIpc) is 2.87. The Balaban J connectivity index is 2.30. The predicted octanol–water partition coefficient (Wildman–Crippen LogP) is 3.03. The van der Waals surface area contributed by atoms with Crippen LogP contribution < -0.4 is 5.32 Å². The summed E-state index contributed by atoms with van der Waals surface area (Å²) in [6.07, 6.45) is -4.81. The van der Waals surface area contributed by atoms with Gasteiger partial charge in [-0.2, -0.15) is 18.2 Å². The maximum atomic E-state index is 14.0. The van der Waals surface area contributed by atoms with Gasteiger partial charge >= 0.3 is 12.1 Å². The van der Waals surface area contributed by atoms with Gasteiger partial charge < -0.3 is 9.84 Å². The fourth-order valence-corrected chi connectivity index (χ4v) is 1.63. The first-order valence-electron chi connectivity index (χ1n) is 6.20. The van der Waals surface area contributed by atoms with E-state index in [0.717, 1.165) is 12.1 Å². The largest absolute Gasteiger partial charge is 0.471 e. The second kappa shape index (κ2) is 5.74. The van der Waals surface area contributed by atoms with Gasteiger partial charge in [-0.3, -0.25) is 4.79 Å². The number of carbonyl (C=O) groups is 1. The smallest absolute Gasteiger partial charge is 0.350 e. The maximum Gasteiger partial charge on any atom is 0.471 e. The Morgan fingerprint density at radius 2 is 2.00 bits per heavy atom. The van der Waals surface area contributed by atoms with Gasteiger partial charge in [-0.25, -0.2) is 4.39 Å². The summed E-state index contributed by atoms with van der Waals surface area (Å²) in [5.41, 5.74) is -0.255. The Morgan fingerprint density at radius 1 is 1.32 bits per heavy atom. The normalized spacial score (nSPS) is 11.8. The van der Waals surface area contributed by atoms with Crippen LogP contribution in [0.3, 0.4) is 0 Å². The molecule has 22 heavy (non-hydrogen) atoms. The molecule has 0 radical (unpaired) electrons. The first-order chi connectivity index (χ1) is 10.2. The van der Waals surface area contributed by atoms with E-state index in [1.807, 2.05) is 0 Å². The lowest BCUT2D eigenvalue weighted by molar-refractivity contribution is -0.159. The van der Waals surface area contributed by atoms with Crippen molar-refractivity contribution in [2.45, 2.75) is 26.1 Å². The highest BCUT2D eigenvalue weighted by Crippen LogP contribution is 2.30. The molecule has 1 amide bonds. The Hall–Kier alpha value is -2.45. The fraction of sp³-hybridized carbons (Fsp3) is 0.308. The van der Waals surface area contributed by atoms with Crippen LogP contribution in [0.15, 0.2) is 22.7 Å². The van der Waals surface area contributed by atoms with Gasteiger partial charge in [-0.1, -0.05) is 5.16 Å². The summed E-state index contributed by atoms with van der Waals surface area (Å²) in [5, 5.41) is 5.66. The lowest BCUT2D eigenvalue weighted by atomic mass is 10.1. The zero-order valence-electron chi connectivity index (χ0n) is 11.5. The molecular weight excluding hydrogens is 306 g/mol. The molecule has 1 heterocycles. The molecule has 0 unspecified atom stereocenters. The molecule has 1 N–H and O–H groups in total. The molecule has 2 aromatic rings. The topological polar surface area (TPSA) is 68.0 Å². The zero-order chi connectivity index (χ0) is 16.5. The minimum Gasteiger partial charge on any atom is -0.350 e. The number of nitrogens with zero attached hydrogens (tertiary/aromatic N) is 2. The van der Waals surface area contributed by atoms with Crippen molar-refractivity contribution < 1.29 is 26.9 Å². The van der Waals surface area contributed by atoms with Gasteiger partial charge in [0.15, 0.2) is 0 Å². The third-order valence-corrected chi connectivity index (χ3v) is 2.56. The van der Waals surface area contributed by atoms with Crippen molar-refractivity contribution in [2.75, 3.05) is 0 Å². The molecular formula is C13H11F4N3O2. The van der Waals surface area contributed by atoms with E-state index < -0.39 is 29.6 Å². The number of rotatable bonds is 3. The molecule has 0 spiro atoms. The molecule has 0 saturated heterocycles. The summed E-state index contributed by atoms with van der Waals surface area (Å²) in [7, 11) is 0. The Kier molecular flexibility index (Phi) is 4.16. The number of amides is 1. The number of alkyl halides is 3. The lowest BCUT2D eigenvalue weighted by Gasteiger charge is -2.08. The molecule has 0 bridgehead atoms. The average molecular weight is 317 g/mol. The van der Waals surface area contributed by atoms with Crippen LogP contribution in [0.5, 0.6) is 0 Å². The number of benzene rings is 1. The SMILES string of the molecule is CC(C)NC(=O)c1ccc(-c2noc(C(F)(F)F)n2)c(F)c1. The highest BCUT2D eigenvalue weighted by atomic mass is 19.4. The van der Waals surface area contributed by atoms with Gasteiger partial charge in [0, 0.05) is 11.6 Å². The number of hydrogen-bond donors (Lipinski definition) is 1. The molecule has 9 heteroatoms. The van der Waals surface area contributed by atoms with Crippen LogP contribution in [0.1, 0.15) is 30.1 Å². The second-order valence-electron chi connectivity index (χ2n) is 4.74. The second-order valence-corrected chi connectivity index (χ2v) is 4.74. The van der Waals surface area contributed by atoms with Crippen LogP contribution in [0.4, 0.5) is 17.6 Å². The quantitative estimate of drug-likeness (QED) is 0.884. The van der Waals surface area contributed by atoms with E-state index in [4.69, 9.17) is 0 Å². The fourth-order valence-electron chi connectivity index (χ4n) is 1.63. The van der Waals surface area contributed by atoms with Gasteiger partial charge in [-0.05, 0) is 32.0 Å². The third-order valence-electron chi connectivity index (χ3n) is 2.56. The van der Waals surface area contributed by atoms with Crippen molar-refractivity contribution in [3.05, 3.63) is 35.5 Å². The van der Waals surface area contributed by atoms with E-state index in [1.54, 1.807) is 13.8 Å². The van der Waals surface area contributed by atoms with Crippen LogP contribution >= 0.6 is 0 Å². The number of nitrogens with one attached hydrogen (secondary N) is 1. The Bertz CT molecular complexity index is 695. The number of hydrogen-bond acceptors (Lipinski definition) is 4. The van der Waals surface area contributed by atoms with Crippen LogP contribution in [-0.2, 0) is 6.18 Å². The maximum absolute atomic E-state index is 14.0. The Labute approximate surface area is 122 Å². The van der Waals surface area contributed by atoms with Crippen LogP contribution in [0.2, 0.25) is 0 Å². The van der Waals surface area contributed by atoms with E-state index in [1.165, 1.54) is 6.07 Å². The summed E-state index contributed by atoms with van der Waals surface area (Å²) < 4.78 is 55.1. The molecule has 0 atom stereocenters. The standard InChI is InChI=1S/C13H11F4N3O2/c1-6(2)18-11(21)7-3-4-8(9(14)5-7)10-19-12(22-20-10)13(15,16)17/h3-6H,1-2H3,(H,18,21). The van der Waals surface area contributed by atoms with Gasteiger partial charge in [0.05, 0.1) is 5.56 Å². The summed E-state index contributed by atoms with van der Waals surface area (Å²) in [5.74, 6) is -3.53. The van der Waals surface area contributed by atoms with Crippen LogP contribution in [-0.4, -0.2) is 22.1 Å². The van der Waals surface area contributed by atoms with Gasteiger partial charge in [-0.15, -0.1) is 0 Å². The van der Waals surface area contributed by atoms with Crippen LogP contribution in [0, 0.1) is 5.82 Å². The zero-order valence-corrected chi connectivity index (χ0v) is 11.5. The first-order valence-corrected chi connectivity index (χ1v) is 6.20. The van der Waals surface area contributed by atoms with Crippen molar-refractivity contribution in [3.8, 4) is 11.4 Å². The van der Waals surface area contributed by atoms with Gasteiger partial charge in [0.25, 0.3) is 5.91 Å². The molecule has 2 rings (SSSR count). The molecule has 0 aliphatic heterocycles. The monoisotopic (exact) mass is 317 g/mol. The van der Waals surface area contributed by atoms with Crippen LogP contribution in [0.25, 0.3) is 11.4 Å². The number of aromatic nitrogens is 2. The summed E-state index contributed by atoms with van der Waals surface area (Å²) in [6.45, 7) is 3.47. The molecule has 0 aliphatic carbocycles. The molecule has 1 aromatic heterocycles. The molecule has 5 nitrogen and oxygen atoms in total. The van der Waals surface area contributed by atoms with Crippen molar-refractivity contribution in [2.24, 2.45) is 0 Å².